The number of benzene rings is 1. The Morgan fingerprint density at radius 3 is 2.71 bits per heavy atom. The summed E-state index contributed by atoms with van der Waals surface area (Å²) >= 11 is 0. The molecule has 1 fully saturated rings. The van der Waals surface area contributed by atoms with Crippen LogP contribution in [0.25, 0.3) is 6.08 Å². The Hall–Kier alpha value is -1.61. The van der Waals surface area contributed by atoms with E-state index in [0.29, 0.717) is 5.92 Å². The molecule has 1 aliphatic rings. The molecule has 0 aromatic heterocycles. The minimum absolute atomic E-state index is 0.210. The number of ether oxygens (including phenoxy) is 1. The second-order valence-corrected chi connectivity index (χ2v) is 7.18. The highest BCUT2D eigenvalue weighted by Gasteiger charge is 2.43. The van der Waals surface area contributed by atoms with Crippen molar-refractivity contribution in [3.05, 3.63) is 42.0 Å². The average Bonchev–Trinajstić information content (AvgIpc) is 2.56. The summed E-state index contributed by atoms with van der Waals surface area (Å²) in [5.74, 6) is 0.216. The van der Waals surface area contributed by atoms with Crippen LogP contribution in [0.3, 0.4) is 0 Å². The van der Waals surface area contributed by atoms with Gasteiger partial charge in [-0.05, 0) is 51.4 Å². The van der Waals surface area contributed by atoms with Gasteiger partial charge in [0.05, 0.1) is 0 Å². The molecule has 1 aromatic carbocycles. The molecule has 0 radical (unpaired) electrons. The number of rotatable bonds is 7. The fourth-order valence-electron chi connectivity index (χ4n) is 3.88. The number of carbonyl (C=O) groups is 1. The first-order chi connectivity index (χ1) is 11.6. The van der Waals surface area contributed by atoms with Crippen molar-refractivity contribution in [3.63, 3.8) is 0 Å². The molecule has 1 saturated carbocycles. The molecule has 0 spiro atoms. The SMILES string of the molecule is CCCC1(OC(=O)/C=C/c2ccccc2)CCCCC1CN(C)C. The average molecular weight is 329 g/mol. The zero-order valence-corrected chi connectivity index (χ0v) is 15.3. The van der Waals surface area contributed by atoms with E-state index in [9.17, 15) is 4.79 Å². The molecule has 0 amide bonds. The maximum Gasteiger partial charge on any atom is 0.331 e. The molecular formula is C21H31NO2. The monoisotopic (exact) mass is 329 g/mol. The van der Waals surface area contributed by atoms with Crippen LogP contribution in [0.1, 0.15) is 51.0 Å². The summed E-state index contributed by atoms with van der Waals surface area (Å²) in [4.78, 5) is 14.7. The summed E-state index contributed by atoms with van der Waals surface area (Å²) in [5.41, 5.74) is 0.725. The summed E-state index contributed by atoms with van der Waals surface area (Å²) in [6, 6.07) is 9.89. The van der Waals surface area contributed by atoms with Crippen molar-refractivity contribution in [1.82, 2.24) is 4.90 Å². The third kappa shape index (κ3) is 5.20. The minimum atomic E-state index is -0.296. The highest BCUT2D eigenvalue weighted by Crippen LogP contribution is 2.41. The predicted octanol–water partition coefficient (Wildman–Crippen LogP) is 4.53. The highest BCUT2D eigenvalue weighted by atomic mass is 16.6. The molecule has 0 heterocycles. The van der Waals surface area contributed by atoms with E-state index in [2.05, 4.69) is 25.9 Å². The van der Waals surface area contributed by atoms with E-state index in [1.807, 2.05) is 36.4 Å². The standard InChI is InChI=1S/C21H31NO2/c1-4-15-21(16-9-8-12-19(21)17-22(2)3)24-20(23)14-13-18-10-6-5-7-11-18/h5-7,10-11,13-14,19H,4,8-9,12,15-17H2,1-3H3/b14-13+. The molecule has 24 heavy (non-hydrogen) atoms. The topological polar surface area (TPSA) is 29.5 Å². The van der Waals surface area contributed by atoms with Crippen molar-refractivity contribution in [2.24, 2.45) is 5.92 Å². The Balaban J connectivity index is 2.10. The molecule has 3 nitrogen and oxygen atoms in total. The molecule has 2 rings (SSSR count). The Labute approximate surface area is 146 Å². The third-order valence-electron chi connectivity index (χ3n) is 4.92. The molecule has 1 aromatic rings. The predicted molar refractivity (Wildman–Crippen MR) is 99.7 cm³/mol. The normalized spacial score (nSPS) is 24.4. The molecule has 132 valence electrons. The maximum atomic E-state index is 12.5. The maximum absolute atomic E-state index is 12.5. The molecule has 0 saturated heterocycles. The van der Waals surface area contributed by atoms with Gasteiger partial charge in [0.15, 0.2) is 0 Å². The van der Waals surface area contributed by atoms with Gasteiger partial charge in [0, 0.05) is 18.5 Å². The number of nitrogens with zero attached hydrogens (tertiary/aromatic N) is 1. The van der Waals surface area contributed by atoms with Gasteiger partial charge in [-0.3, -0.25) is 0 Å². The van der Waals surface area contributed by atoms with E-state index in [4.69, 9.17) is 4.74 Å². The summed E-state index contributed by atoms with van der Waals surface area (Å²) in [7, 11) is 4.20. The molecule has 2 unspecified atom stereocenters. The van der Waals surface area contributed by atoms with Crippen LogP contribution in [0.15, 0.2) is 36.4 Å². The highest BCUT2D eigenvalue weighted by molar-refractivity contribution is 5.87. The van der Waals surface area contributed by atoms with Gasteiger partial charge in [-0.25, -0.2) is 4.79 Å². The Bertz CT molecular complexity index is 534. The fraction of sp³-hybridized carbons (Fsp3) is 0.571. The molecule has 1 aliphatic carbocycles. The lowest BCUT2D eigenvalue weighted by atomic mass is 9.72. The number of hydrogen-bond acceptors (Lipinski definition) is 3. The van der Waals surface area contributed by atoms with Gasteiger partial charge < -0.3 is 9.64 Å². The molecule has 2 atom stereocenters. The van der Waals surface area contributed by atoms with Crippen LogP contribution in [-0.4, -0.2) is 37.1 Å². The number of esters is 1. The minimum Gasteiger partial charge on any atom is -0.456 e. The van der Waals surface area contributed by atoms with Crippen LogP contribution >= 0.6 is 0 Å². The zero-order chi connectivity index (χ0) is 17.4. The lowest BCUT2D eigenvalue weighted by Gasteiger charge is -2.44. The molecule has 0 N–H and O–H groups in total. The Kier molecular flexibility index (Phi) is 7.04. The van der Waals surface area contributed by atoms with Crippen molar-refractivity contribution >= 4 is 12.0 Å². The second-order valence-electron chi connectivity index (χ2n) is 7.18. The van der Waals surface area contributed by atoms with Gasteiger partial charge in [-0.2, -0.15) is 0 Å². The second kappa shape index (κ2) is 9.03. The van der Waals surface area contributed by atoms with Gasteiger partial charge in [0.1, 0.15) is 5.60 Å². The Morgan fingerprint density at radius 2 is 2.04 bits per heavy atom. The van der Waals surface area contributed by atoms with Gasteiger partial charge in [-0.1, -0.05) is 50.1 Å². The number of carbonyl (C=O) groups excluding carboxylic acids is 1. The first kappa shape index (κ1) is 18.7. The zero-order valence-electron chi connectivity index (χ0n) is 15.3. The van der Waals surface area contributed by atoms with Crippen molar-refractivity contribution in [3.8, 4) is 0 Å². The van der Waals surface area contributed by atoms with Gasteiger partial charge in [0.25, 0.3) is 0 Å². The lowest BCUT2D eigenvalue weighted by molar-refractivity contribution is -0.167. The van der Waals surface area contributed by atoms with Crippen molar-refractivity contribution in [2.45, 2.75) is 51.0 Å². The summed E-state index contributed by atoms with van der Waals surface area (Å²) in [5, 5.41) is 0. The van der Waals surface area contributed by atoms with Crippen LogP contribution in [-0.2, 0) is 9.53 Å². The first-order valence-corrected chi connectivity index (χ1v) is 9.16. The quantitative estimate of drug-likeness (QED) is 0.543. The molecule has 0 bridgehead atoms. The Morgan fingerprint density at radius 1 is 1.29 bits per heavy atom. The van der Waals surface area contributed by atoms with Gasteiger partial charge >= 0.3 is 5.97 Å². The van der Waals surface area contributed by atoms with E-state index < -0.39 is 0 Å². The number of hydrogen-bond donors (Lipinski definition) is 0. The lowest BCUT2D eigenvalue weighted by Crippen LogP contribution is -2.48. The van der Waals surface area contributed by atoms with Crippen molar-refractivity contribution in [1.29, 1.82) is 0 Å². The fourth-order valence-corrected chi connectivity index (χ4v) is 3.88. The largest absolute Gasteiger partial charge is 0.456 e. The van der Waals surface area contributed by atoms with E-state index in [0.717, 1.165) is 44.2 Å². The third-order valence-corrected chi connectivity index (χ3v) is 4.92. The van der Waals surface area contributed by atoms with Crippen LogP contribution in [0.2, 0.25) is 0 Å². The van der Waals surface area contributed by atoms with Gasteiger partial charge in [-0.15, -0.1) is 0 Å². The molecule has 0 aliphatic heterocycles. The molecule has 3 heteroatoms. The van der Waals surface area contributed by atoms with E-state index >= 15 is 0 Å². The van der Waals surface area contributed by atoms with Gasteiger partial charge in [0.2, 0.25) is 0 Å². The van der Waals surface area contributed by atoms with Crippen molar-refractivity contribution in [2.75, 3.05) is 20.6 Å². The summed E-state index contributed by atoms with van der Waals surface area (Å²) < 4.78 is 6.10. The van der Waals surface area contributed by atoms with Crippen LogP contribution in [0, 0.1) is 5.92 Å². The summed E-state index contributed by atoms with van der Waals surface area (Å²) in [6.45, 7) is 3.16. The smallest absolute Gasteiger partial charge is 0.331 e. The summed E-state index contributed by atoms with van der Waals surface area (Å²) in [6.07, 6.45) is 9.94. The van der Waals surface area contributed by atoms with Crippen LogP contribution < -0.4 is 0 Å². The van der Waals surface area contributed by atoms with Crippen LogP contribution in [0.5, 0.6) is 0 Å². The van der Waals surface area contributed by atoms with E-state index in [1.54, 1.807) is 6.08 Å². The molecular weight excluding hydrogens is 298 g/mol. The van der Waals surface area contributed by atoms with E-state index in [-0.39, 0.29) is 11.6 Å². The van der Waals surface area contributed by atoms with E-state index in [1.165, 1.54) is 6.42 Å². The first-order valence-electron chi connectivity index (χ1n) is 9.16. The van der Waals surface area contributed by atoms with Crippen LogP contribution in [0.4, 0.5) is 0 Å². The van der Waals surface area contributed by atoms with Crippen molar-refractivity contribution < 1.29 is 9.53 Å².